The summed E-state index contributed by atoms with van der Waals surface area (Å²) in [5.74, 6) is -0.601. The van der Waals surface area contributed by atoms with Crippen molar-refractivity contribution in [1.29, 1.82) is 0 Å². The summed E-state index contributed by atoms with van der Waals surface area (Å²) in [5.41, 5.74) is 0.940. The van der Waals surface area contributed by atoms with Gasteiger partial charge in [0.05, 0.1) is 29.9 Å². The minimum atomic E-state index is -3.67. The molecule has 1 aliphatic rings. The molecular formula is C11H17NO11S3. The summed E-state index contributed by atoms with van der Waals surface area (Å²) in [5, 5.41) is 2.20. The second-order valence-electron chi connectivity index (χ2n) is 4.53. The van der Waals surface area contributed by atoms with Gasteiger partial charge in [-0.1, -0.05) is 12.1 Å². The molecule has 26 heavy (non-hydrogen) atoms. The van der Waals surface area contributed by atoms with Crippen LogP contribution in [0, 0.1) is 0 Å². The molecule has 1 aliphatic heterocycles. The molecule has 0 fully saturated rings. The van der Waals surface area contributed by atoms with Gasteiger partial charge < -0.3 is 0 Å². The normalized spacial score (nSPS) is 12.8. The Morgan fingerprint density at radius 1 is 0.654 bits per heavy atom. The van der Waals surface area contributed by atoms with Gasteiger partial charge in [-0.15, -0.1) is 0 Å². The van der Waals surface area contributed by atoms with Gasteiger partial charge in [-0.3, -0.25) is 28.6 Å². The van der Waals surface area contributed by atoms with Crippen molar-refractivity contribution < 1.29 is 48.5 Å². The minimum absolute atomic E-state index is 0.300. The molecule has 0 unspecified atom stereocenters. The summed E-state index contributed by atoms with van der Waals surface area (Å²) in [6.45, 7) is 0. The Hall–Kier alpha value is -1.91. The van der Waals surface area contributed by atoms with E-state index < -0.39 is 30.4 Å². The highest BCUT2D eigenvalue weighted by atomic mass is 32.2. The maximum Gasteiger partial charge on any atom is 0.261 e. The summed E-state index contributed by atoms with van der Waals surface area (Å²) in [4.78, 5) is 21.9. The van der Waals surface area contributed by atoms with Crippen LogP contribution >= 0.6 is 0 Å². The Morgan fingerprint density at radius 3 is 1.04 bits per heavy atom. The topological polar surface area (TPSA) is 209 Å². The Labute approximate surface area is 150 Å². The average molecular weight is 435 g/mol. The zero-order valence-electron chi connectivity index (χ0n) is 13.6. The van der Waals surface area contributed by atoms with Crippen LogP contribution in [-0.4, -0.2) is 69.5 Å². The molecule has 0 saturated carbocycles. The number of hydrogen-bond donors (Lipinski definition) is 4. The number of nitrogens with one attached hydrogen (secondary N) is 1. The van der Waals surface area contributed by atoms with Gasteiger partial charge in [-0.25, -0.2) is 0 Å². The number of hydrogen-bond acceptors (Lipinski definition) is 8. The fraction of sp³-hybridized carbons (Fsp3) is 0.273. The molecule has 0 aliphatic carbocycles. The lowest BCUT2D eigenvalue weighted by atomic mass is 10.1. The first-order chi connectivity index (χ1) is 11.3. The Bertz CT molecular complexity index is 819. The third-order valence-corrected chi connectivity index (χ3v) is 1.64. The fourth-order valence-electron chi connectivity index (χ4n) is 1.12. The summed E-state index contributed by atoms with van der Waals surface area (Å²) < 4.78 is 77.6. The van der Waals surface area contributed by atoms with E-state index in [1.54, 1.807) is 24.3 Å². The van der Waals surface area contributed by atoms with Crippen molar-refractivity contribution in [2.75, 3.05) is 18.8 Å². The number of rotatable bonds is 0. The van der Waals surface area contributed by atoms with Crippen molar-refractivity contribution >= 4 is 42.2 Å². The molecule has 0 atom stereocenters. The molecule has 2 amide bonds. The van der Waals surface area contributed by atoms with Gasteiger partial charge in [0.1, 0.15) is 0 Å². The van der Waals surface area contributed by atoms with Crippen LogP contribution in [0.5, 0.6) is 0 Å². The van der Waals surface area contributed by atoms with Crippen molar-refractivity contribution in [2.45, 2.75) is 0 Å². The third-order valence-electron chi connectivity index (χ3n) is 1.64. The predicted molar refractivity (Wildman–Crippen MR) is 90.7 cm³/mol. The number of benzene rings is 1. The lowest BCUT2D eigenvalue weighted by molar-refractivity contribution is 0.0879. The molecule has 0 aromatic heterocycles. The van der Waals surface area contributed by atoms with Crippen LogP contribution < -0.4 is 5.32 Å². The van der Waals surface area contributed by atoms with Gasteiger partial charge in [0.15, 0.2) is 0 Å². The molecule has 0 bridgehead atoms. The lowest BCUT2D eigenvalue weighted by Crippen LogP contribution is -2.19. The maximum atomic E-state index is 10.9. The van der Waals surface area contributed by atoms with Crippen LogP contribution in [0.15, 0.2) is 24.3 Å². The number of imide groups is 1. The fourth-order valence-corrected chi connectivity index (χ4v) is 1.12. The largest absolute Gasteiger partial charge is 0.288 e. The lowest BCUT2D eigenvalue weighted by Gasteiger charge is -1.88. The molecule has 1 heterocycles. The van der Waals surface area contributed by atoms with Gasteiger partial charge >= 0.3 is 0 Å². The molecule has 15 heteroatoms. The third kappa shape index (κ3) is 22.1. The molecule has 150 valence electrons. The van der Waals surface area contributed by atoms with Crippen molar-refractivity contribution in [2.24, 2.45) is 0 Å². The van der Waals surface area contributed by atoms with Crippen LogP contribution in [0.4, 0.5) is 0 Å². The van der Waals surface area contributed by atoms with E-state index in [1.807, 2.05) is 0 Å². The van der Waals surface area contributed by atoms with E-state index in [9.17, 15) is 34.8 Å². The second-order valence-corrected chi connectivity index (χ2v) is 8.93. The number of carbonyl (C=O) groups excluding carboxylic acids is 2. The molecule has 1 aromatic rings. The second kappa shape index (κ2) is 10.3. The van der Waals surface area contributed by atoms with Crippen LogP contribution in [0.25, 0.3) is 0 Å². The van der Waals surface area contributed by atoms with Gasteiger partial charge in [0, 0.05) is 0 Å². The van der Waals surface area contributed by atoms with Gasteiger partial charge in [-0.05, 0) is 12.1 Å². The van der Waals surface area contributed by atoms with Gasteiger partial charge in [0.25, 0.3) is 42.2 Å². The van der Waals surface area contributed by atoms with Gasteiger partial charge in [0.2, 0.25) is 0 Å². The molecule has 0 spiro atoms. The summed E-state index contributed by atoms with van der Waals surface area (Å²) in [7, 11) is -11.0. The molecule has 1 aromatic carbocycles. The smallest absolute Gasteiger partial charge is 0.261 e. The van der Waals surface area contributed by atoms with Gasteiger partial charge in [-0.2, -0.15) is 25.3 Å². The van der Waals surface area contributed by atoms with E-state index in [0.717, 1.165) is 0 Å². The average Bonchev–Trinajstić information content (AvgIpc) is 2.59. The SMILES string of the molecule is CS(=O)(=O)O.CS(=O)(=O)O.CS(=O)(=O)O.O=C1NC(=O)c2ccccc21. The van der Waals surface area contributed by atoms with Crippen LogP contribution in [-0.2, 0) is 30.4 Å². The van der Waals surface area contributed by atoms with Crippen molar-refractivity contribution in [3.05, 3.63) is 35.4 Å². The molecule has 12 nitrogen and oxygen atoms in total. The van der Waals surface area contributed by atoms with Crippen LogP contribution in [0.2, 0.25) is 0 Å². The van der Waals surface area contributed by atoms with E-state index in [0.29, 0.717) is 29.9 Å². The summed E-state index contributed by atoms with van der Waals surface area (Å²) in [6, 6.07) is 6.74. The Kier molecular flexibility index (Phi) is 10.4. The van der Waals surface area contributed by atoms with Crippen molar-refractivity contribution in [3.63, 3.8) is 0 Å². The van der Waals surface area contributed by atoms with E-state index >= 15 is 0 Å². The monoisotopic (exact) mass is 435 g/mol. The summed E-state index contributed by atoms with van der Waals surface area (Å²) in [6.07, 6.45) is 2.15. The highest BCUT2D eigenvalue weighted by Crippen LogP contribution is 2.13. The minimum Gasteiger partial charge on any atom is -0.288 e. The molecule has 4 N–H and O–H groups in total. The van der Waals surface area contributed by atoms with Crippen molar-refractivity contribution in [3.8, 4) is 0 Å². The quantitative estimate of drug-likeness (QED) is 0.289. The Morgan fingerprint density at radius 2 is 0.846 bits per heavy atom. The first kappa shape index (κ1) is 26.3. The van der Waals surface area contributed by atoms with E-state index in [4.69, 9.17) is 13.7 Å². The van der Waals surface area contributed by atoms with E-state index in [2.05, 4.69) is 5.32 Å². The van der Waals surface area contributed by atoms with E-state index in [-0.39, 0.29) is 11.8 Å². The Balaban J connectivity index is 0. The van der Waals surface area contributed by atoms with Crippen molar-refractivity contribution in [1.82, 2.24) is 5.32 Å². The highest BCUT2D eigenvalue weighted by Gasteiger charge is 2.25. The number of fused-ring (bicyclic) bond motifs is 1. The highest BCUT2D eigenvalue weighted by molar-refractivity contribution is 7.85. The number of amides is 2. The molecule has 0 saturated heterocycles. The van der Waals surface area contributed by atoms with Crippen LogP contribution in [0.3, 0.4) is 0 Å². The van der Waals surface area contributed by atoms with Crippen LogP contribution in [0.1, 0.15) is 20.7 Å². The number of carbonyl (C=O) groups is 2. The first-order valence-electron chi connectivity index (χ1n) is 6.01. The maximum absolute atomic E-state index is 10.9. The zero-order valence-corrected chi connectivity index (χ0v) is 16.1. The molecule has 0 radical (unpaired) electrons. The zero-order chi connectivity index (χ0) is 21.3. The van der Waals surface area contributed by atoms with E-state index in [1.165, 1.54) is 0 Å². The predicted octanol–water partition coefficient (Wildman–Crippen LogP) is -0.918. The molecule has 2 rings (SSSR count). The standard InChI is InChI=1S/C8H5NO2.3CH4O3S/c10-7-5-3-1-2-4-6(5)8(11)9-7;3*1-5(2,3)4/h1-4H,(H,9,10,11);3*1H3,(H,2,3,4). The summed E-state index contributed by atoms with van der Waals surface area (Å²) >= 11 is 0. The molecular weight excluding hydrogens is 418 g/mol. The first-order valence-corrected chi connectivity index (χ1v) is 11.6.